The number of benzene rings is 2. The molecule has 0 saturated carbocycles. The molecule has 0 bridgehead atoms. The molecule has 0 unspecified atom stereocenters. The Bertz CT molecular complexity index is 1130. The van der Waals surface area contributed by atoms with Crippen molar-refractivity contribution in [3.8, 4) is 11.4 Å². The van der Waals surface area contributed by atoms with E-state index in [4.69, 9.17) is 0 Å². The van der Waals surface area contributed by atoms with Crippen LogP contribution in [0, 0.1) is 20.8 Å². The highest BCUT2D eigenvalue weighted by atomic mass is 32.2. The number of hydrogen-bond donors (Lipinski definition) is 2. The number of carbonyl (C=O) groups excluding carboxylic acids is 1. The molecule has 0 atom stereocenters. The maximum absolute atomic E-state index is 12.7. The molecule has 1 aromatic heterocycles. The molecular formula is C21H23N3O3S. The summed E-state index contributed by atoms with van der Waals surface area (Å²) in [4.78, 5) is 20.4. The van der Waals surface area contributed by atoms with Crippen molar-refractivity contribution < 1.29 is 13.2 Å². The minimum Gasteiger partial charge on any atom is -0.341 e. The van der Waals surface area contributed by atoms with Gasteiger partial charge in [0.1, 0.15) is 5.82 Å². The fourth-order valence-corrected chi connectivity index (χ4v) is 4.38. The van der Waals surface area contributed by atoms with Gasteiger partial charge in [0.2, 0.25) is 0 Å². The number of nitrogens with one attached hydrogen (secondary N) is 2. The van der Waals surface area contributed by atoms with Crippen LogP contribution in [0.3, 0.4) is 0 Å². The van der Waals surface area contributed by atoms with E-state index >= 15 is 0 Å². The molecule has 3 rings (SSSR count). The molecule has 0 aliphatic heterocycles. The first kappa shape index (κ1) is 19.8. The summed E-state index contributed by atoms with van der Waals surface area (Å²) in [6.45, 7) is 7.54. The van der Waals surface area contributed by atoms with Gasteiger partial charge in [0.05, 0.1) is 4.90 Å². The molecule has 0 saturated heterocycles. The predicted molar refractivity (Wildman–Crippen MR) is 109 cm³/mol. The zero-order valence-corrected chi connectivity index (χ0v) is 17.1. The number of hydrogen-bond acceptors (Lipinski definition) is 4. The van der Waals surface area contributed by atoms with Crippen molar-refractivity contribution in [3.63, 3.8) is 0 Å². The third kappa shape index (κ3) is 3.99. The summed E-state index contributed by atoms with van der Waals surface area (Å²) in [5.41, 5.74) is 4.26. The zero-order chi connectivity index (χ0) is 20.5. The number of rotatable bonds is 5. The molecule has 0 aliphatic rings. The molecule has 0 aliphatic carbocycles. The first-order chi connectivity index (χ1) is 13.2. The van der Waals surface area contributed by atoms with Crippen molar-refractivity contribution in [2.24, 2.45) is 0 Å². The van der Waals surface area contributed by atoms with Crippen LogP contribution in [-0.2, 0) is 16.4 Å². The largest absolute Gasteiger partial charge is 0.341 e. The van der Waals surface area contributed by atoms with Crippen LogP contribution in [0.25, 0.3) is 11.4 Å². The van der Waals surface area contributed by atoms with Crippen LogP contribution in [0.15, 0.2) is 47.4 Å². The Morgan fingerprint density at radius 3 is 2.32 bits per heavy atom. The molecule has 6 nitrogen and oxygen atoms in total. The van der Waals surface area contributed by atoms with Gasteiger partial charge in [-0.25, -0.2) is 18.1 Å². The molecule has 7 heteroatoms. The predicted octanol–water partition coefficient (Wildman–Crippen LogP) is 3.68. The summed E-state index contributed by atoms with van der Waals surface area (Å²) in [6.07, 6.45) is 0.519. The van der Waals surface area contributed by atoms with E-state index in [2.05, 4.69) is 20.8 Å². The molecule has 1 amide bonds. The third-order valence-electron chi connectivity index (χ3n) is 4.45. The average Bonchev–Trinajstić information content (AvgIpc) is 3.05. The Morgan fingerprint density at radius 2 is 1.71 bits per heavy atom. The van der Waals surface area contributed by atoms with Crippen LogP contribution in [0.4, 0.5) is 0 Å². The minimum absolute atomic E-state index is 0.0754. The van der Waals surface area contributed by atoms with E-state index in [1.807, 2.05) is 32.9 Å². The fraction of sp³-hybridized carbons (Fsp3) is 0.238. The molecule has 2 N–H and O–H groups in total. The van der Waals surface area contributed by atoms with Crippen LogP contribution in [0.2, 0.25) is 0 Å². The minimum atomic E-state index is -3.99. The Labute approximate surface area is 165 Å². The van der Waals surface area contributed by atoms with E-state index in [9.17, 15) is 13.2 Å². The van der Waals surface area contributed by atoms with E-state index in [0.29, 0.717) is 23.5 Å². The number of aryl methyl sites for hydroxylation is 4. The van der Waals surface area contributed by atoms with Crippen LogP contribution in [-0.4, -0.2) is 24.3 Å². The van der Waals surface area contributed by atoms with Crippen LogP contribution in [0.5, 0.6) is 0 Å². The van der Waals surface area contributed by atoms with E-state index < -0.39 is 15.9 Å². The highest BCUT2D eigenvalue weighted by molar-refractivity contribution is 7.90. The quantitative estimate of drug-likeness (QED) is 0.687. The van der Waals surface area contributed by atoms with Gasteiger partial charge in [0, 0.05) is 11.3 Å². The van der Waals surface area contributed by atoms with Crippen molar-refractivity contribution >= 4 is 15.9 Å². The van der Waals surface area contributed by atoms with Crippen molar-refractivity contribution in [1.82, 2.24) is 14.7 Å². The molecule has 0 fully saturated rings. The SMILES string of the molecule is CCc1[nH]c(-c2cc(C)cc(C)c2)nc1C(=O)NS(=O)(=O)c1ccccc1C. The van der Waals surface area contributed by atoms with Gasteiger partial charge in [-0.05, 0) is 51.0 Å². The van der Waals surface area contributed by atoms with Gasteiger partial charge in [-0.3, -0.25) is 4.79 Å². The van der Waals surface area contributed by atoms with Crippen molar-refractivity contribution in [3.05, 3.63) is 70.5 Å². The number of H-pyrrole nitrogens is 1. The van der Waals surface area contributed by atoms with E-state index in [-0.39, 0.29) is 10.6 Å². The number of sulfonamides is 1. The standard InChI is InChI=1S/C21H23N3O3S/c1-5-17-19(23-20(22-17)16-11-13(2)10-14(3)12-16)21(25)24-28(26,27)18-9-7-6-8-15(18)4/h6-12H,5H2,1-4H3,(H,22,23)(H,24,25). The van der Waals surface area contributed by atoms with Crippen molar-refractivity contribution in [1.29, 1.82) is 0 Å². The van der Waals surface area contributed by atoms with E-state index in [1.54, 1.807) is 25.1 Å². The molecule has 0 spiro atoms. The number of imidazole rings is 1. The topological polar surface area (TPSA) is 91.9 Å². The Hall–Kier alpha value is -2.93. The van der Waals surface area contributed by atoms with Gasteiger partial charge in [-0.2, -0.15) is 0 Å². The Balaban J connectivity index is 1.96. The maximum Gasteiger partial charge on any atom is 0.285 e. The number of nitrogens with zero attached hydrogens (tertiary/aromatic N) is 1. The summed E-state index contributed by atoms with van der Waals surface area (Å²) in [5, 5.41) is 0. The fourth-order valence-electron chi connectivity index (χ4n) is 3.18. The summed E-state index contributed by atoms with van der Waals surface area (Å²) < 4.78 is 27.4. The molecule has 2 aromatic carbocycles. The molecule has 0 radical (unpaired) electrons. The monoisotopic (exact) mass is 397 g/mol. The van der Waals surface area contributed by atoms with Gasteiger partial charge >= 0.3 is 0 Å². The molecule has 28 heavy (non-hydrogen) atoms. The number of aromatic nitrogens is 2. The van der Waals surface area contributed by atoms with Crippen LogP contribution in [0.1, 0.15) is 39.8 Å². The first-order valence-corrected chi connectivity index (χ1v) is 10.5. The number of aromatic amines is 1. The maximum atomic E-state index is 12.7. The smallest absolute Gasteiger partial charge is 0.285 e. The van der Waals surface area contributed by atoms with Crippen molar-refractivity contribution in [2.45, 2.75) is 39.0 Å². The first-order valence-electron chi connectivity index (χ1n) is 9.01. The lowest BCUT2D eigenvalue weighted by Crippen LogP contribution is -2.32. The summed E-state index contributed by atoms with van der Waals surface area (Å²) in [6, 6.07) is 12.5. The molecule has 146 valence electrons. The van der Waals surface area contributed by atoms with E-state index in [0.717, 1.165) is 16.7 Å². The lowest BCUT2D eigenvalue weighted by molar-refractivity contribution is 0.0976. The highest BCUT2D eigenvalue weighted by Gasteiger charge is 2.24. The third-order valence-corrected chi connectivity index (χ3v) is 5.94. The van der Waals surface area contributed by atoms with Crippen LogP contribution >= 0.6 is 0 Å². The molecule has 3 aromatic rings. The second-order valence-corrected chi connectivity index (χ2v) is 8.49. The van der Waals surface area contributed by atoms with Gasteiger partial charge in [0.15, 0.2) is 5.69 Å². The molecular weight excluding hydrogens is 374 g/mol. The number of carbonyl (C=O) groups is 1. The van der Waals surface area contributed by atoms with Gasteiger partial charge in [-0.1, -0.05) is 42.3 Å². The van der Waals surface area contributed by atoms with Gasteiger partial charge in [0.25, 0.3) is 15.9 Å². The summed E-state index contributed by atoms with van der Waals surface area (Å²) in [5.74, 6) is -0.200. The number of amides is 1. The lowest BCUT2D eigenvalue weighted by Gasteiger charge is -2.08. The van der Waals surface area contributed by atoms with E-state index in [1.165, 1.54) is 6.07 Å². The zero-order valence-electron chi connectivity index (χ0n) is 16.3. The normalized spacial score (nSPS) is 11.4. The second kappa shape index (κ2) is 7.59. The Kier molecular flexibility index (Phi) is 5.38. The average molecular weight is 398 g/mol. The lowest BCUT2D eigenvalue weighted by atomic mass is 10.1. The van der Waals surface area contributed by atoms with Gasteiger partial charge < -0.3 is 4.98 Å². The second-order valence-electron chi connectivity index (χ2n) is 6.84. The summed E-state index contributed by atoms with van der Waals surface area (Å²) >= 11 is 0. The van der Waals surface area contributed by atoms with Crippen molar-refractivity contribution in [2.75, 3.05) is 0 Å². The Morgan fingerprint density at radius 1 is 1.07 bits per heavy atom. The summed E-state index contributed by atoms with van der Waals surface area (Å²) in [7, 11) is -3.99. The van der Waals surface area contributed by atoms with Crippen LogP contribution < -0.4 is 4.72 Å². The molecule has 1 heterocycles. The van der Waals surface area contributed by atoms with Gasteiger partial charge in [-0.15, -0.1) is 0 Å². The highest BCUT2D eigenvalue weighted by Crippen LogP contribution is 2.22.